The Morgan fingerprint density at radius 2 is 1.60 bits per heavy atom. The molecular weight excluding hydrogens is 269 g/mol. The lowest BCUT2D eigenvalue weighted by atomic mass is 10.0. The molecule has 0 heterocycles. The summed E-state index contributed by atoms with van der Waals surface area (Å²) in [5.41, 5.74) is -0.567. The van der Waals surface area contributed by atoms with Gasteiger partial charge in [0.05, 0.1) is 12.7 Å². The average Bonchev–Trinajstić information content (AvgIpc) is 2.46. The summed E-state index contributed by atoms with van der Waals surface area (Å²) in [5.74, 6) is -0.00201. The molecule has 0 N–H and O–H groups in total. The van der Waals surface area contributed by atoms with Crippen LogP contribution in [0, 0.1) is 0 Å². The maximum atomic E-state index is 12.6. The van der Waals surface area contributed by atoms with Crippen LogP contribution in [0.1, 0.15) is 21.5 Å². The van der Waals surface area contributed by atoms with E-state index in [0.29, 0.717) is 5.75 Å². The Morgan fingerprint density at radius 3 is 2.20 bits per heavy atom. The summed E-state index contributed by atoms with van der Waals surface area (Å²) in [6, 6.07) is 10.6. The molecule has 0 bridgehead atoms. The third kappa shape index (κ3) is 2.99. The molecule has 0 atom stereocenters. The number of halogens is 3. The van der Waals surface area contributed by atoms with Crippen molar-refractivity contribution >= 4 is 5.78 Å². The van der Waals surface area contributed by atoms with E-state index in [2.05, 4.69) is 0 Å². The molecule has 0 spiro atoms. The van der Waals surface area contributed by atoms with Crippen LogP contribution in [0.15, 0.2) is 48.5 Å². The molecule has 5 heteroatoms. The molecule has 20 heavy (non-hydrogen) atoms. The second-order valence-corrected chi connectivity index (χ2v) is 4.14. The van der Waals surface area contributed by atoms with Gasteiger partial charge in [-0.1, -0.05) is 24.3 Å². The summed E-state index contributed by atoms with van der Waals surface area (Å²) in [6.07, 6.45) is -4.47. The number of ketones is 1. The van der Waals surface area contributed by atoms with Crippen molar-refractivity contribution in [2.75, 3.05) is 7.11 Å². The largest absolute Gasteiger partial charge is 0.497 e. The minimum Gasteiger partial charge on any atom is -0.497 e. The standard InChI is InChI=1S/C15H11F3O2/c1-20-13-7-3-5-11(9-13)14(19)10-4-2-6-12(8-10)15(16,17)18/h2-9H,1H3. The number of hydrogen-bond donors (Lipinski definition) is 0. The molecule has 0 amide bonds. The van der Waals surface area contributed by atoms with E-state index in [-0.39, 0.29) is 11.1 Å². The lowest BCUT2D eigenvalue weighted by Gasteiger charge is -2.08. The number of alkyl halides is 3. The predicted molar refractivity (Wildman–Crippen MR) is 67.9 cm³/mol. The fourth-order valence-corrected chi connectivity index (χ4v) is 1.77. The van der Waals surface area contributed by atoms with Gasteiger partial charge in [-0.3, -0.25) is 4.79 Å². The van der Waals surface area contributed by atoms with Crippen LogP contribution in [0.5, 0.6) is 5.75 Å². The quantitative estimate of drug-likeness (QED) is 0.796. The molecular formula is C15H11F3O2. The minimum atomic E-state index is -4.47. The third-order valence-corrected chi connectivity index (χ3v) is 2.78. The highest BCUT2D eigenvalue weighted by Gasteiger charge is 2.30. The van der Waals surface area contributed by atoms with Crippen molar-refractivity contribution in [1.82, 2.24) is 0 Å². The maximum Gasteiger partial charge on any atom is 0.416 e. The molecule has 0 saturated carbocycles. The zero-order valence-corrected chi connectivity index (χ0v) is 10.6. The molecule has 2 nitrogen and oxygen atoms in total. The first kappa shape index (κ1) is 14.1. The van der Waals surface area contributed by atoms with E-state index in [1.807, 2.05) is 0 Å². The Balaban J connectivity index is 2.38. The van der Waals surface area contributed by atoms with E-state index in [9.17, 15) is 18.0 Å². The Bertz CT molecular complexity index is 633. The van der Waals surface area contributed by atoms with Crippen molar-refractivity contribution in [3.8, 4) is 5.75 Å². The summed E-state index contributed by atoms with van der Waals surface area (Å²) in [4.78, 5) is 12.2. The van der Waals surface area contributed by atoms with Crippen molar-refractivity contribution in [2.45, 2.75) is 6.18 Å². The molecule has 0 aliphatic rings. The number of hydrogen-bond acceptors (Lipinski definition) is 2. The molecule has 0 radical (unpaired) electrons. The van der Waals surface area contributed by atoms with E-state index < -0.39 is 17.5 Å². The predicted octanol–water partition coefficient (Wildman–Crippen LogP) is 3.95. The van der Waals surface area contributed by atoms with Crippen LogP contribution in [0.3, 0.4) is 0 Å². The van der Waals surface area contributed by atoms with Crippen LogP contribution in [-0.4, -0.2) is 12.9 Å². The van der Waals surface area contributed by atoms with Gasteiger partial charge in [0.15, 0.2) is 5.78 Å². The van der Waals surface area contributed by atoms with Crippen LogP contribution in [0.2, 0.25) is 0 Å². The molecule has 0 aliphatic carbocycles. The Labute approximate surface area is 113 Å². The van der Waals surface area contributed by atoms with Crippen LogP contribution < -0.4 is 4.74 Å². The van der Waals surface area contributed by atoms with Crippen LogP contribution in [0.25, 0.3) is 0 Å². The number of carbonyl (C=O) groups is 1. The van der Waals surface area contributed by atoms with Gasteiger partial charge < -0.3 is 4.74 Å². The molecule has 0 unspecified atom stereocenters. The van der Waals surface area contributed by atoms with Gasteiger partial charge in [0, 0.05) is 11.1 Å². The highest BCUT2D eigenvalue weighted by Crippen LogP contribution is 2.30. The van der Waals surface area contributed by atoms with Crippen LogP contribution in [-0.2, 0) is 6.18 Å². The van der Waals surface area contributed by atoms with Gasteiger partial charge in [-0.05, 0) is 24.3 Å². The lowest BCUT2D eigenvalue weighted by molar-refractivity contribution is -0.137. The number of rotatable bonds is 3. The summed E-state index contributed by atoms with van der Waals surface area (Å²) in [5, 5.41) is 0. The average molecular weight is 280 g/mol. The van der Waals surface area contributed by atoms with Gasteiger partial charge >= 0.3 is 6.18 Å². The third-order valence-electron chi connectivity index (χ3n) is 2.78. The fraction of sp³-hybridized carbons (Fsp3) is 0.133. The maximum absolute atomic E-state index is 12.6. The number of ether oxygens (including phenoxy) is 1. The van der Waals surface area contributed by atoms with Crippen molar-refractivity contribution < 1.29 is 22.7 Å². The smallest absolute Gasteiger partial charge is 0.416 e. The highest BCUT2D eigenvalue weighted by atomic mass is 19.4. The lowest BCUT2D eigenvalue weighted by Crippen LogP contribution is -2.08. The Morgan fingerprint density at radius 1 is 1.00 bits per heavy atom. The van der Waals surface area contributed by atoms with Gasteiger partial charge in [0.2, 0.25) is 0 Å². The summed E-state index contributed by atoms with van der Waals surface area (Å²) in [6.45, 7) is 0. The Kier molecular flexibility index (Phi) is 3.79. The second kappa shape index (κ2) is 5.36. The SMILES string of the molecule is COc1cccc(C(=O)c2cccc(C(F)(F)F)c2)c1. The molecule has 104 valence electrons. The molecule has 2 aromatic carbocycles. The molecule has 0 aromatic heterocycles. The molecule has 2 rings (SSSR count). The minimum absolute atomic E-state index is 0.00641. The first-order valence-electron chi connectivity index (χ1n) is 5.78. The van der Waals surface area contributed by atoms with Crippen molar-refractivity contribution in [1.29, 1.82) is 0 Å². The van der Waals surface area contributed by atoms with Gasteiger partial charge in [0.1, 0.15) is 5.75 Å². The topological polar surface area (TPSA) is 26.3 Å². The number of benzene rings is 2. The first-order chi connectivity index (χ1) is 9.41. The zero-order chi connectivity index (χ0) is 14.8. The van der Waals surface area contributed by atoms with Crippen molar-refractivity contribution in [3.05, 3.63) is 65.2 Å². The normalized spacial score (nSPS) is 11.2. The van der Waals surface area contributed by atoms with E-state index >= 15 is 0 Å². The monoisotopic (exact) mass is 280 g/mol. The molecule has 0 fully saturated rings. The van der Waals surface area contributed by atoms with Crippen LogP contribution in [0.4, 0.5) is 13.2 Å². The van der Waals surface area contributed by atoms with Gasteiger partial charge in [-0.2, -0.15) is 13.2 Å². The van der Waals surface area contributed by atoms with Crippen molar-refractivity contribution in [2.24, 2.45) is 0 Å². The highest BCUT2D eigenvalue weighted by molar-refractivity contribution is 6.09. The molecule has 0 aliphatic heterocycles. The van der Waals surface area contributed by atoms with Crippen molar-refractivity contribution in [3.63, 3.8) is 0 Å². The number of methoxy groups -OCH3 is 1. The van der Waals surface area contributed by atoms with E-state index in [1.165, 1.54) is 31.4 Å². The van der Waals surface area contributed by atoms with Gasteiger partial charge in [-0.25, -0.2) is 0 Å². The van der Waals surface area contributed by atoms with Gasteiger partial charge in [0.25, 0.3) is 0 Å². The molecule has 0 saturated heterocycles. The van der Waals surface area contributed by atoms with E-state index in [4.69, 9.17) is 4.74 Å². The summed E-state index contributed by atoms with van der Waals surface area (Å²) < 4.78 is 42.9. The first-order valence-corrected chi connectivity index (χ1v) is 5.78. The van der Waals surface area contributed by atoms with E-state index in [0.717, 1.165) is 12.1 Å². The molecule has 2 aromatic rings. The summed E-state index contributed by atoms with van der Waals surface area (Å²) in [7, 11) is 1.45. The second-order valence-electron chi connectivity index (χ2n) is 4.14. The van der Waals surface area contributed by atoms with E-state index in [1.54, 1.807) is 12.1 Å². The zero-order valence-electron chi connectivity index (χ0n) is 10.6. The van der Waals surface area contributed by atoms with Crippen LogP contribution >= 0.6 is 0 Å². The summed E-state index contributed by atoms with van der Waals surface area (Å²) >= 11 is 0. The number of carbonyl (C=O) groups excluding carboxylic acids is 1. The Hall–Kier alpha value is -2.30. The van der Waals surface area contributed by atoms with Gasteiger partial charge in [-0.15, -0.1) is 0 Å². The fourth-order valence-electron chi connectivity index (χ4n) is 1.77.